The summed E-state index contributed by atoms with van der Waals surface area (Å²) in [5, 5.41) is 9.36. The number of carbonyl (C=O) groups is 2. The van der Waals surface area contributed by atoms with Gasteiger partial charge >= 0.3 is 5.97 Å². The Balaban J connectivity index is 1.97. The van der Waals surface area contributed by atoms with E-state index in [0.717, 1.165) is 0 Å². The van der Waals surface area contributed by atoms with Crippen molar-refractivity contribution in [1.82, 2.24) is 4.57 Å². The monoisotopic (exact) mass is 393 g/mol. The summed E-state index contributed by atoms with van der Waals surface area (Å²) >= 11 is 0. The molecule has 0 fully saturated rings. The third-order valence-corrected chi connectivity index (χ3v) is 4.35. The van der Waals surface area contributed by atoms with Gasteiger partial charge in [0.05, 0.1) is 12.6 Å². The number of carboxylic acids is 1. The van der Waals surface area contributed by atoms with Crippen molar-refractivity contribution < 1.29 is 24.2 Å². The third-order valence-electron chi connectivity index (χ3n) is 4.35. The Hall–Kier alpha value is -3.87. The standard InChI is InChI=1S/C22H19NO6/c1-23-17-9-4-3-8-16(17)21(28-2)20(22(23)27)18(24)11-10-14-6-5-7-15(12-14)29-13-19(25)26/h3-12H,13H2,1-2H3,(H,25,26). The smallest absolute Gasteiger partial charge is 0.341 e. The lowest BCUT2D eigenvalue weighted by Gasteiger charge is -2.13. The first-order valence-corrected chi connectivity index (χ1v) is 8.75. The Morgan fingerprint density at radius 2 is 1.90 bits per heavy atom. The first-order chi connectivity index (χ1) is 13.9. The van der Waals surface area contributed by atoms with Gasteiger partial charge in [0, 0.05) is 12.4 Å². The van der Waals surface area contributed by atoms with Crippen LogP contribution in [0.25, 0.3) is 17.0 Å². The van der Waals surface area contributed by atoms with Crippen LogP contribution >= 0.6 is 0 Å². The second-order valence-electron chi connectivity index (χ2n) is 6.24. The van der Waals surface area contributed by atoms with Crippen LogP contribution in [0.5, 0.6) is 11.5 Å². The molecule has 0 radical (unpaired) electrons. The number of ether oxygens (including phenoxy) is 2. The summed E-state index contributed by atoms with van der Waals surface area (Å²) in [7, 11) is 3.03. The maximum absolute atomic E-state index is 12.8. The summed E-state index contributed by atoms with van der Waals surface area (Å²) < 4.78 is 11.9. The van der Waals surface area contributed by atoms with E-state index in [-0.39, 0.29) is 11.3 Å². The SMILES string of the molecule is COc1c(C(=O)C=Cc2cccc(OCC(=O)O)c2)c(=O)n(C)c2ccccc12. The van der Waals surface area contributed by atoms with Crippen molar-refractivity contribution in [3.8, 4) is 11.5 Å². The predicted octanol–water partition coefficient (Wildman–Crippen LogP) is 2.91. The van der Waals surface area contributed by atoms with Crippen molar-refractivity contribution >= 4 is 28.7 Å². The molecule has 0 aliphatic carbocycles. The minimum absolute atomic E-state index is 0.0526. The number of rotatable bonds is 7. The molecule has 0 spiro atoms. The van der Waals surface area contributed by atoms with Crippen LogP contribution < -0.4 is 15.0 Å². The highest BCUT2D eigenvalue weighted by Crippen LogP contribution is 2.27. The number of aromatic nitrogens is 1. The zero-order valence-corrected chi connectivity index (χ0v) is 15.9. The van der Waals surface area contributed by atoms with Crippen LogP contribution in [0.1, 0.15) is 15.9 Å². The van der Waals surface area contributed by atoms with Crippen molar-refractivity contribution in [2.75, 3.05) is 13.7 Å². The van der Waals surface area contributed by atoms with Gasteiger partial charge in [-0.05, 0) is 35.9 Å². The summed E-state index contributed by atoms with van der Waals surface area (Å²) in [5.41, 5.74) is 0.785. The molecule has 0 atom stereocenters. The zero-order valence-electron chi connectivity index (χ0n) is 15.9. The molecule has 7 heteroatoms. The Bertz CT molecular complexity index is 1180. The molecular formula is C22H19NO6. The van der Waals surface area contributed by atoms with E-state index in [1.807, 2.05) is 12.1 Å². The number of carboxylic acid groups (broad SMARTS) is 1. The number of pyridine rings is 1. The van der Waals surface area contributed by atoms with Gasteiger partial charge in [-0.25, -0.2) is 4.79 Å². The number of allylic oxidation sites excluding steroid dienone is 1. The molecule has 148 valence electrons. The van der Waals surface area contributed by atoms with Crippen molar-refractivity contribution in [1.29, 1.82) is 0 Å². The highest BCUT2D eigenvalue weighted by Gasteiger charge is 2.20. The number of benzene rings is 2. The number of hydrogen-bond donors (Lipinski definition) is 1. The average molecular weight is 393 g/mol. The maximum Gasteiger partial charge on any atom is 0.341 e. The minimum Gasteiger partial charge on any atom is -0.495 e. The Morgan fingerprint density at radius 3 is 2.62 bits per heavy atom. The summed E-state index contributed by atoms with van der Waals surface area (Å²) in [4.78, 5) is 36.2. The minimum atomic E-state index is -1.08. The van der Waals surface area contributed by atoms with Gasteiger partial charge in [-0.3, -0.25) is 9.59 Å². The highest BCUT2D eigenvalue weighted by atomic mass is 16.5. The molecule has 1 N–H and O–H groups in total. The van der Waals surface area contributed by atoms with Gasteiger partial charge in [0.2, 0.25) is 0 Å². The normalized spacial score (nSPS) is 11.0. The topological polar surface area (TPSA) is 94.8 Å². The Labute approximate surface area is 166 Å². The highest BCUT2D eigenvalue weighted by molar-refractivity contribution is 6.11. The van der Waals surface area contributed by atoms with Crippen molar-refractivity contribution in [2.24, 2.45) is 7.05 Å². The van der Waals surface area contributed by atoms with Crippen molar-refractivity contribution in [3.05, 3.63) is 76.1 Å². The number of ketones is 1. The van der Waals surface area contributed by atoms with Gasteiger partial charge in [0.15, 0.2) is 12.4 Å². The van der Waals surface area contributed by atoms with Crippen LogP contribution in [0, 0.1) is 0 Å². The van der Waals surface area contributed by atoms with Crippen LogP contribution in [0.15, 0.2) is 59.4 Å². The molecule has 1 aromatic heterocycles. The third kappa shape index (κ3) is 4.19. The second-order valence-corrected chi connectivity index (χ2v) is 6.24. The van der Waals surface area contributed by atoms with E-state index in [1.54, 1.807) is 43.4 Å². The molecule has 0 aliphatic rings. The van der Waals surface area contributed by atoms with Crippen molar-refractivity contribution in [3.63, 3.8) is 0 Å². The first kappa shape index (κ1) is 19.9. The zero-order chi connectivity index (χ0) is 21.0. The van der Waals surface area contributed by atoms with Crippen molar-refractivity contribution in [2.45, 2.75) is 0 Å². The molecule has 0 aliphatic heterocycles. The first-order valence-electron chi connectivity index (χ1n) is 8.75. The van der Waals surface area contributed by atoms with E-state index in [1.165, 1.54) is 23.8 Å². The molecule has 7 nitrogen and oxygen atoms in total. The molecule has 1 heterocycles. The molecule has 0 amide bonds. The molecule has 2 aromatic carbocycles. The quantitative estimate of drug-likeness (QED) is 0.490. The summed E-state index contributed by atoms with van der Waals surface area (Å²) in [6, 6.07) is 13.8. The predicted molar refractivity (Wildman–Crippen MR) is 109 cm³/mol. The fourth-order valence-electron chi connectivity index (χ4n) is 3.00. The van der Waals surface area contributed by atoms with E-state index in [9.17, 15) is 14.4 Å². The van der Waals surface area contributed by atoms with Gasteiger partial charge < -0.3 is 19.1 Å². The molecule has 3 rings (SSSR count). The van der Waals surface area contributed by atoms with Crippen LogP contribution in [0.3, 0.4) is 0 Å². The number of aryl methyl sites for hydroxylation is 1. The lowest BCUT2D eigenvalue weighted by Crippen LogP contribution is -2.25. The average Bonchev–Trinajstić information content (AvgIpc) is 2.73. The van der Waals surface area contributed by atoms with E-state index >= 15 is 0 Å². The lowest BCUT2D eigenvalue weighted by atomic mass is 10.1. The largest absolute Gasteiger partial charge is 0.495 e. The molecule has 0 saturated heterocycles. The summed E-state index contributed by atoms with van der Waals surface area (Å²) in [5.74, 6) is -0.983. The number of aliphatic carboxylic acids is 1. The Kier molecular flexibility index (Phi) is 5.78. The molecule has 0 saturated carbocycles. The lowest BCUT2D eigenvalue weighted by molar-refractivity contribution is -0.139. The molecule has 0 unspecified atom stereocenters. The van der Waals surface area contributed by atoms with E-state index in [2.05, 4.69) is 0 Å². The molecular weight excluding hydrogens is 374 g/mol. The number of hydrogen-bond acceptors (Lipinski definition) is 5. The van der Waals surface area contributed by atoms with Gasteiger partial charge in [-0.2, -0.15) is 0 Å². The maximum atomic E-state index is 12.8. The van der Waals surface area contributed by atoms with E-state index < -0.39 is 23.9 Å². The molecule has 29 heavy (non-hydrogen) atoms. The van der Waals surface area contributed by atoms with Crippen LogP contribution in [0.2, 0.25) is 0 Å². The fraction of sp³-hybridized carbons (Fsp3) is 0.136. The fourth-order valence-corrected chi connectivity index (χ4v) is 3.00. The number of para-hydroxylation sites is 1. The Morgan fingerprint density at radius 1 is 1.14 bits per heavy atom. The summed E-state index contributed by atoms with van der Waals surface area (Å²) in [6.07, 6.45) is 2.81. The van der Waals surface area contributed by atoms with Gasteiger partial charge in [0.25, 0.3) is 5.56 Å². The second kappa shape index (κ2) is 8.43. The van der Waals surface area contributed by atoms with E-state index in [4.69, 9.17) is 14.6 Å². The van der Waals surface area contributed by atoms with Gasteiger partial charge in [-0.1, -0.05) is 30.3 Å². The van der Waals surface area contributed by atoms with Gasteiger partial charge in [-0.15, -0.1) is 0 Å². The van der Waals surface area contributed by atoms with Crippen LogP contribution in [-0.4, -0.2) is 35.1 Å². The number of carbonyl (C=O) groups excluding carboxylic acids is 1. The number of nitrogens with zero attached hydrogens (tertiary/aromatic N) is 1. The van der Waals surface area contributed by atoms with Gasteiger partial charge in [0.1, 0.15) is 17.1 Å². The molecule has 0 bridgehead atoms. The summed E-state index contributed by atoms with van der Waals surface area (Å²) in [6.45, 7) is -0.462. The van der Waals surface area contributed by atoms with Crippen LogP contribution in [-0.2, 0) is 11.8 Å². The van der Waals surface area contributed by atoms with Crippen LogP contribution in [0.4, 0.5) is 0 Å². The number of fused-ring (bicyclic) bond motifs is 1. The van der Waals surface area contributed by atoms with E-state index in [0.29, 0.717) is 22.2 Å². The number of methoxy groups -OCH3 is 1. The molecule has 3 aromatic rings.